The molecule has 0 heterocycles. The van der Waals surface area contributed by atoms with Crippen LogP contribution in [-0.2, 0) is 14.3 Å². The van der Waals surface area contributed by atoms with Gasteiger partial charge in [0.25, 0.3) is 5.91 Å². The Morgan fingerprint density at radius 1 is 1.08 bits per heavy atom. The molecule has 4 nitrogen and oxygen atoms in total. The van der Waals surface area contributed by atoms with Crippen LogP contribution in [0.4, 0.5) is 14.5 Å². The second kappa shape index (κ2) is 8.21. The van der Waals surface area contributed by atoms with Crippen molar-refractivity contribution in [3.05, 3.63) is 70.8 Å². The number of carbonyl (C=O) groups excluding carboxylic acids is 2. The highest BCUT2D eigenvalue weighted by Crippen LogP contribution is 2.17. The molecule has 0 saturated heterocycles. The average Bonchev–Trinajstić information content (AvgIpc) is 2.56. The Hall–Kier alpha value is -2.73. The van der Waals surface area contributed by atoms with Crippen molar-refractivity contribution in [3.63, 3.8) is 0 Å². The van der Waals surface area contributed by atoms with Gasteiger partial charge < -0.3 is 10.1 Å². The van der Waals surface area contributed by atoms with Crippen LogP contribution in [0.1, 0.15) is 5.56 Å². The summed E-state index contributed by atoms with van der Waals surface area (Å²) in [4.78, 5) is 23.1. The maximum atomic E-state index is 13.4. The number of amides is 1. The summed E-state index contributed by atoms with van der Waals surface area (Å²) in [6.45, 7) is -0.669. The standard InChI is InChI=1S/C17H12ClF2NO3/c18-12-7-4-11(5-8-12)6-9-16(23)24-10-15(22)21-17-13(19)2-1-3-14(17)20/h1-9H,10H2,(H,21,22)/b9-6+. The largest absolute Gasteiger partial charge is 0.452 e. The molecule has 0 fully saturated rings. The molecule has 124 valence electrons. The molecule has 1 N–H and O–H groups in total. The van der Waals surface area contributed by atoms with Crippen molar-refractivity contribution in [1.29, 1.82) is 0 Å². The molecule has 0 bridgehead atoms. The minimum atomic E-state index is -0.919. The van der Waals surface area contributed by atoms with E-state index in [-0.39, 0.29) is 0 Å². The zero-order chi connectivity index (χ0) is 17.5. The molecule has 0 unspecified atom stereocenters. The maximum absolute atomic E-state index is 13.4. The Morgan fingerprint density at radius 3 is 2.33 bits per heavy atom. The fourth-order valence-electron chi connectivity index (χ4n) is 1.72. The second-order valence-electron chi connectivity index (χ2n) is 4.64. The second-order valence-corrected chi connectivity index (χ2v) is 5.07. The molecule has 2 aromatic rings. The Kier molecular flexibility index (Phi) is 6.03. The van der Waals surface area contributed by atoms with Crippen LogP contribution in [0.5, 0.6) is 0 Å². The number of esters is 1. The van der Waals surface area contributed by atoms with Crippen molar-refractivity contribution in [2.75, 3.05) is 11.9 Å². The third-order valence-electron chi connectivity index (χ3n) is 2.85. The summed E-state index contributed by atoms with van der Waals surface area (Å²) in [6, 6.07) is 9.87. The van der Waals surface area contributed by atoms with Crippen LogP contribution >= 0.6 is 11.6 Å². The van der Waals surface area contributed by atoms with Gasteiger partial charge in [0, 0.05) is 11.1 Å². The van der Waals surface area contributed by atoms with E-state index in [9.17, 15) is 18.4 Å². The van der Waals surface area contributed by atoms with E-state index in [2.05, 4.69) is 0 Å². The minimum absolute atomic E-state index is 0.562. The van der Waals surface area contributed by atoms with Gasteiger partial charge in [-0.05, 0) is 35.9 Å². The molecule has 0 atom stereocenters. The maximum Gasteiger partial charge on any atom is 0.331 e. The fourth-order valence-corrected chi connectivity index (χ4v) is 1.84. The van der Waals surface area contributed by atoms with Gasteiger partial charge in [-0.2, -0.15) is 0 Å². The first-order valence-corrected chi connectivity index (χ1v) is 7.18. The van der Waals surface area contributed by atoms with Crippen molar-refractivity contribution >= 4 is 35.2 Å². The first-order valence-electron chi connectivity index (χ1n) is 6.80. The number of nitrogens with one attached hydrogen (secondary N) is 1. The number of carbonyl (C=O) groups is 2. The lowest BCUT2D eigenvalue weighted by Crippen LogP contribution is -2.21. The zero-order valence-electron chi connectivity index (χ0n) is 12.3. The van der Waals surface area contributed by atoms with Crippen molar-refractivity contribution in [3.8, 4) is 0 Å². The third kappa shape index (κ3) is 5.17. The van der Waals surface area contributed by atoms with E-state index in [1.165, 1.54) is 12.1 Å². The van der Waals surface area contributed by atoms with Gasteiger partial charge >= 0.3 is 5.97 Å². The summed E-state index contributed by atoms with van der Waals surface area (Å²) in [5.41, 5.74) is 0.129. The van der Waals surface area contributed by atoms with E-state index >= 15 is 0 Å². The van der Waals surface area contributed by atoms with Crippen LogP contribution in [0.25, 0.3) is 6.08 Å². The lowest BCUT2D eigenvalue weighted by Gasteiger charge is -2.07. The van der Waals surface area contributed by atoms with Crippen LogP contribution < -0.4 is 5.32 Å². The van der Waals surface area contributed by atoms with Crippen molar-refractivity contribution in [2.45, 2.75) is 0 Å². The lowest BCUT2D eigenvalue weighted by atomic mass is 10.2. The van der Waals surface area contributed by atoms with E-state index in [1.807, 2.05) is 5.32 Å². The summed E-state index contributed by atoms with van der Waals surface area (Å²) in [7, 11) is 0. The first-order chi connectivity index (χ1) is 11.5. The molecule has 0 aliphatic rings. The predicted octanol–water partition coefficient (Wildman–Crippen LogP) is 3.81. The molecule has 2 rings (SSSR count). The van der Waals surface area contributed by atoms with Crippen molar-refractivity contribution in [2.24, 2.45) is 0 Å². The molecule has 0 saturated carbocycles. The zero-order valence-corrected chi connectivity index (χ0v) is 13.0. The Labute approximate surface area is 141 Å². The highest BCUT2D eigenvalue weighted by molar-refractivity contribution is 6.30. The van der Waals surface area contributed by atoms with Gasteiger partial charge in [-0.15, -0.1) is 0 Å². The van der Waals surface area contributed by atoms with Crippen molar-refractivity contribution in [1.82, 2.24) is 0 Å². The number of para-hydroxylation sites is 1. The first kappa shape index (κ1) is 17.6. The average molecular weight is 352 g/mol. The molecule has 1 amide bonds. The van der Waals surface area contributed by atoms with Crippen LogP contribution in [-0.4, -0.2) is 18.5 Å². The summed E-state index contributed by atoms with van der Waals surface area (Å²) >= 11 is 5.73. The summed E-state index contributed by atoms with van der Waals surface area (Å²) in [6.07, 6.45) is 2.60. The van der Waals surface area contributed by atoms with Crippen LogP contribution in [0, 0.1) is 11.6 Å². The molecule has 0 aromatic heterocycles. The highest BCUT2D eigenvalue weighted by atomic mass is 35.5. The number of hydrogen-bond acceptors (Lipinski definition) is 3. The number of anilines is 1. The molecule has 7 heteroatoms. The normalized spacial score (nSPS) is 10.6. The van der Waals surface area contributed by atoms with Crippen molar-refractivity contribution < 1.29 is 23.1 Å². The summed E-state index contributed by atoms with van der Waals surface area (Å²) < 4.78 is 31.4. The van der Waals surface area contributed by atoms with Gasteiger partial charge in [-0.1, -0.05) is 29.8 Å². The van der Waals surface area contributed by atoms with E-state index < -0.39 is 35.8 Å². The number of halogens is 3. The number of ether oxygens (including phenoxy) is 1. The van der Waals surface area contributed by atoms with E-state index in [0.29, 0.717) is 10.6 Å². The van der Waals surface area contributed by atoms with Gasteiger partial charge in [0.2, 0.25) is 0 Å². The lowest BCUT2D eigenvalue weighted by molar-refractivity contribution is -0.142. The van der Waals surface area contributed by atoms with Crippen LogP contribution in [0.2, 0.25) is 5.02 Å². The molecule has 0 radical (unpaired) electrons. The number of rotatable bonds is 5. The quantitative estimate of drug-likeness (QED) is 0.658. The minimum Gasteiger partial charge on any atom is -0.452 e. The molecular formula is C17H12ClF2NO3. The van der Waals surface area contributed by atoms with E-state index in [0.717, 1.165) is 18.2 Å². The Morgan fingerprint density at radius 2 is 1.71 bits per heavy atom. The SMILES string of the molecule is O=C(COC(=O)/C=C/c1ccc(Cl)cc1)Nc1c(F)cccc1F. The van der Waals surface area contributed by atoms with Crippen LogP contribution in [0.15, 0.2) is 48.5 Å². The van der Waals surface area contributed by atoms with Gasteiger partial charge in [0.1, 0.15) is 17.3 Å². The molecule has 0 aliphatic carbocycles. The molecular weight excluding hydrogens is 340 g/mol. The third-order valence-corrected chi connectivity index (χ3v) is 3.11. The van der Waals surface area contributed by atoms with Gasteiger partial charge in [-0.25, -0.2) is 13.6 Å². The fraction of sp³-hybridized carbons (Fsp3) is 0.0588. The smallest absolute Gasteiger partial charge is 0.331 e. The Bertz CT molecular complexity index is 756. The summed E-state index contributed by atoms with van der Waals surface area (Å²) in [5.74, 6) is -3.46. The number of benzene rings is 2. The molecule has 0 spiro atoms. The monoisotopic (exact) mass is 351 g/mol. The predicted molar refractivity (Wildman–Crippen MR) is 86.4 cm³/mol. The number of hydrogen-bond donors (Lipinski definition) is 1. The van der Waals surface area contributed by atoms with Gasteiger partial charge in [0.15, 0.2) is 6.61 Å². The van der Waals surface area contributed by atoms with Gasteiger partial charge in [0.05, 0.1) is 0 Å². The molecule has 24 heavy (non-hydrogen) atoms. The van der Waals surface area contributed by atoms with E-state index in [1.54, 1.807) is 24.3 Å². The van der Waals surface area contributed by atoms with Crippen LogP contribution in [0.3, 0.4) is 0 Å². The van der Waals surface area contributed by atoms with Gasteiger partial charge in [-0.3, -0.25) is 4.79 Å². The topological polar surface area (TPSA) is 55.4 Å². The highest BCUT2D eigenvalue weighted by Gasteiger charge is 2.12. The molecule has 2 aromatic carbocycles. The molecule has 0 aliphatic heterocycles. The van der Waals surface area contributed by atoms with E-state index in [4.69, 9.17) is 16.3 Å². The summed E-state index contributed by atoms with van der Waals surface area (Å²) in [5, 5.41) is 2.57. The Balaban J connectivity index is 1.85.